The summed E-state index contributed by atoms with van der Waals surface area (Å²) in [6, 6.07) is 3.04. The Morgan fingerprint density at radius 1 is 1.38 bits per heavy atom. The first-order chi connectivity index (χ1) is 9.79. The first-order valence-electron chi connectivity index (χ1n) is 5.50. The first kappa shape index (κ1) is 14.9. The summed E-state index contributed by atoms with van der Waals surface area (Å²) in [4.78, 5) is 10.1. The van der Waals surface area contributed by atoms with E-state index in [9.17, 15) is 22.0 Å². The topological polar surface area (TPSA) is 101 Å². The number of nitrogens with zero attached hydrogens (tertiary/aromatic N) is 2. The Bertz CT molecular complexity index is 789. The zero-order valence-corrected chi connectivity index (χ0v) is 11.1. The molecule has 0 aliphatic rings. The number of carboxylic acids is 1. The van der Waals surface area contributed by atoms with Crippen LogP contribution in [0, 0.1) is 11.6 Å². The number of halogens is 2. The van der Waals surface area contributed by atoms with Crippen molar-refractivity contribution < 1.29 is 27.1 Å². The summed E-state index contributed by atoms with van der Waals surface area (Å²) in [6.07, 6.45) is 1.87. The van der Waals surface area contributed by atoms with Gasteiger partial charge in [-0.25, -0.2) is 17.2 Å². The van der Waals surface area contributed by atoms with Gasteiger partial charge in [0.1, 0.15) is 11.4 Å². The summed E-state index contributed by atoms with van der Waals surface area (Å²) in [5.41, 5.74) is -0.555. The molecule has 0 bridgehead atoms. The van der Waals surface area contributed by atoms with E-state index in [2.05, 4.69) is 5.10 Å². The van der Waals surface area contributed by atoms with Gasteiger partial charge in [0.05, 0.1) is 11.9 Å². The number of carbonyl (C=O) groups is 1. The molecule has 0 aliphatic heterocycles. The molecule has 2 rings (SSSR count). The van der Waals surface area contributed by atoms with Gasteiger partial charge in [-0.05, 0) is 12.1 Å². The number of sulfonamides is 1. The second-order valence-corrected chi connectivity index (χ2v) is 5.66. The highest BCUT2D eigenvalue weighted by atomic mass is 32.2. The second kappa shape index (κ2) is 5.48. The van der Waals surface area contributed by atoms with Gasteiger partial charge in [-0.2, -0.15) is 5.10 Å². The Labute approximate surface area is 117 Å². The van der Waals surface area contributed by atoms with Gasteiger partial charge >= 0.3 is 5.97 Å². The average molecular weight is 317 g/mol. The molecule has 0 amide bonds. The molecule has 21 heavy (non-hydrogen) atoms. The largest absolute Gasteiger partial charge is 0.480 e. The Kier molecular flexibility index (Phi) is 3.89. The number of aromatic nitrogens is 2. The molecule has 1 aromatic heterocycles. The molecular formula is C11H9F2N3O4S. The van der Waals surface area contributed by atoms with Gasteiger partial charge in [0, 0.05) is 6.20 Å². The molecule has 0 saturated heterocycles. The third-order valence-electron chi connectivity index (χ3n) is 2.41. The number of anilines is 1. The summed E-state index contributed by atoms with van der Waals surface area (Å²) in [6.45, 7) is -0.524. The van der Waals surface area contributed by atoms with E-state index in [1.807, 2.05) is 4.72 Å². The van der Waals surface area contributed by atoms with Crippen molar-refractivity contribution in [2.24, 2.45) is 0 Å². The van der Waals surface area contributed by atoms with Gasteiger partial charge in [0.15, 0.2) is 11.6 Å². The molecule has 0 atom stereocenters. The third kappa shape index (κ3) is 3.34. The summed E-state index contributed by atoms with van der Waals surface area (Å²) in [5, 5.41) is 12.1. The highest BCUT2D eigenvalue weighted by Crippen LogP contribution is 2.20. The van der Waals surface area contributed by atoms with Crippen molar-refractivity contribution in [3.8, 4) is 0 Å². The normalized spacial score (nSPS) is 11.3. The number of hydrogen-bond donors (Lipinski definition) is 2. The van der Waals surface area contributed by atoms with E-state index in [0.29, 0.717) is 0 Å². The van der Waals surface area contributed by atoms with Crippen molar-refractivity contribution in [1.82, 2.24) is 9.78 Å². The van der Waals surface area contributed by atoms with Crippen molar-refractivity contribution in [3.63, 3.8) is 0 Å². The average Bonchev–Trinajstić information content (AvgIpc) is 2.83. The lowest BCUT2D eigenvalue weighted by Crippen LogP contribution is -2.14. The van der Waals surface area contributed by atoms with Crippen molar-refractivity contribution in [2.45, 2.75) is 11.4 Å². The van der Waals surface area contributed by atoms with Crippen LogP contribution in [0.2, 0.25) is 0 Å². The van der Waals surface area contributed by atoms with Crippen LogP contribution in [0.1, 0.15) is 0 Å². The second-order valence-electron chi connectivity index (χ2n) is 3.97. The SMILES string of the molecule is O=C(O)Cn1cc(S(=O)(=O)Nc2cccc(F)c2F)cn1. The van der Waals surface area contributed by atoms with Crippen molar-refractivity contribution in [3.05, 3.63) is 42.2 Å². The van der Waals surface area contributed by atoms with Crippen molar-refractivity contribution in [1.29, 1.82) is 0 Å². The molecular weight excluding hydrogens is 308 g/mol. The molecule has 1 heterocycles. The van der Waals surface area contributed by atoms with Crippen molar-refractivity contribution in [2.75, 3.05) is 4.72 Å². The van der Waals surface area contributed by atoms with Crippen LogP contribution in [0.5, 0.6) is 0 Å². The molecule has 0 saturated carbocycles. The summed E-state index contributed by atoms with van der Waals surface area (Å²) in [5.74, 6) is -3.73. The van der Waals surface area contributed by atoms with Gasteiger partial charge in [0.25, 0.3) is 10.0 Å². The van der Waals surface area contributed by atoms with E-state index < -0.39 is 39.9 Å². The molecule has 2 N–H and O–H groups in total. The number of aliphatic carboxylic acids is 1. The fourth-order valence-corrected chi connectivity index (χ4v) is 2.51. The molecule has 0 radical (unpaired) electrons. The standard InChI is InChI=1S/C11H9F2N3O4S/c12-8-2-1-3-9(11(8)13)15-21(19,20)7-4-14-16(5-7)6-10(17)18/h1-5,15H,6H2,(H,17,18). The number of benzene rings is 1. The molecule has 112 valence electrons. The van der Waals surface area contributed by atoms with Gasteiger partial charge in [-0.15, -0.1) is 0 Å². The van der Waals surface area contributed by atoms with E-state index in [0.717, 1.165) is 35.3 Å². The van der Waals surface area contributed by atoms with Gasteiger partial charge in [-0.1, -0.05) is 6.07 Å². The van der Waals surface area contributed by atoms with Crippen molar-refractivity contribution >= 4 is 21.7 Å². The number of carboxylic acid groups (broad SMARTS) is 1. The molecule has 7 nitrogen and oxygen atoms in total. The highest BCUT2D eigenvalue weighted by Gasteiger charge is 2.20. The zero-order valence-electron chi connectivity index (χ0n) is 10.3. The van der Waals surface area contributed by atoms with Gasteiger partial charge < -0.3 is 5.11 Å². The van der Waals surface area contributed by atoms with Crippen LogP contribution in [0.25, 0.3) is 0 Å². The van der Waals surface area contributed by atoms with Crippen LogP contribution in [-0.4, -0.2) is 29.3 Å². The lowest BCUT2D eigenvalue weighted by Gasteiger charge is -2.07. The maximum absolute atomic E-state index is 13.4. The predicted molar refractivity (Wildman–Crippen MR) is 67.0 cm³/mol. The summed E-state index contributed by atoms with van der Waals surface area (Å²) in [7, 11) is -4.20. The Hall–Kier alpha value is -2.49. The minimum Gasteiger partial charge on any atom is -0.480 e. The molecule has 0 unspecified atom stereocenters. The van der Waals surface area contributed by atoms with Crippen LogP contribution in [0.4, 0.5) is 14.5 Å². The van der Waals surface area contributed by atoms with E-state index in [1.54, 1.807) is 0 Å². The smallest absolute Gasteiger partial charge is 0.325 e. The third-order valence-corrected chi connectivity index (χ3v) is 3.73. The summed E-state index contributed by atoms with van der Waals surface area (Å²) < 4.78 is 53.1. The molecule has 0 fully saturated rings. The number of rotatable bonds is 5. The van der Waals surface area contributed by atoms with Crippen LogP contribution >= 0.6 is 0 Å². The van der Waals surface area contributed by atoms with Crippen LogP contribution in [0.15, 0.2) is 35.5 Å². The molecule has 1 aromatic carbocycles. The lowest BCUT2D eigenvalue weighted by molar-refractivity contribution is -0.137. The van der Waals surface area contributed by atoms with Crippen LogP contribution in [-0.2, 0) is 21.4 Å². The molecule has 2 aromatic rings. The number of hydrogen-bond acceptors (Lipinski definition) is 4. The molecule has 10 heteroatoms. The first-order valence-corrected chi connectivity index (χ1v) is 6.99. The zero-order chi connectivity index (χ0) is 15.6. The fourth-order valence-electron chi connectivity index (χ4n) is 1.49. The fraction of sp³-hybridized carbons (Fsp3) is 0.0909. The Morgan fingerprint density at radius 3 is 2.76 bits per heavy atom. The Morgan fingerprint density at radius 2 is 2.10 bits per heavy atom. The number of nitrogens with one attached hydrogen (secondary N) is 1. The van der Waals surface area contributed by atoms with E-state index in [1.165, 1.54) is 0 Å². The predicted octanol–water partition coefficient (Wildman–Crippen LogP) is 1.05. The minimum atomic E-state index is -4.20. The Balaban J connectivity index is 2.28. The maximum Gasteiger partial charge on any atom is 0.325 e. The minimum absolute atomic E-state index is 0.368. The highest BCUT2D eigenvalue weighted by molar-refractivity contribution is 7.92. The van der Waals surface area contributed by atoms with E-state index in [4.69, 9.17) is 5.11 Å². The van der Waals surface area contributed by atoms with Crippen LogP contribution < -0.4 is 4.72 Å². The summed E-state index contributed by atoms with van der Waals surface area (Å²) >= 11 is 0. The van der Waals surface area contributed by atoms with E-state index >= 15 is 0 Å². The molecule has 0 aliphatic carbocycles. The van der Waals surface area contributed by atoms with Gasteiger partial charge in [0.2, 0.25) is 0 Å². The molecule has 0 spiro atoms. The lowest BCUT2D eigenvalue weighted by atomic mass is 10.3. The maximum atomic E-state index is 13.4. The van der Waals surface area contributed by atoms with Crippen LogP contribution in [0.3, 0.4) is 0 Å². The van der Waals surface area contributed by atoms with Gasteiger partial charge in [-0.3, -0.25) is 14.2 Å². The quantitative estimate of drug-likeness (QED) is 0.858. The monoisotopic (exact) mass is 317 g/mol. The van der Waals surface area contributed by atoms with E-state index in [-0.39, 0.29) is 4.90 Å².